The number of halogens is 1. The van der Waals surface area contributed by atoms with E-state index >= 15 is 0 Å². The van der Waals surface area contributed by atoms with E-state index in [1.165, 1.54) is 0 Å². The van der Waals surface area contributed by atoms with E-state index in [0.717, 1.165) is 22.5 Å². The number of hydrogen-bond acceptors (Lipinski definition) is 3. The van der Waals surface area contributed by atoms with Crippen molar-refractivity contribution in [1.82, 2.24) is 0 Å². The summed E-state index contributed by atoms with van der Waals surface area (Å²) in [6, 6.07) is 21.6. The normalized spacial score (nSPS) is 16.6. The zero-order chi connectivity index (χ0) is 22.1. The van der Waals surface area contributed by atoms with Gasteiger partial charge in [-0.05, 0) is 60.5 Å². The van der Waals surface area contributed by atoms with Gasteiger partial charge in [0.15, 0.2) is 0 Å². The van der Waals surface area contributed by atoms with Gasteiger partial charge in [-0.1, -0.05) is 41.9 Å². The van der Waals surface area contributed by atoms with Gasteiger partial charge >= 0.3 is 0 Å². The molecule has 1 aliphatic rings. The number of nitrogens with zero attached hydrogens (tertiary/aromatic N) is 3. The Morgan fingerprint density at radius 1 is 0.903 bits per heavy atom. The second-order valence-electron chi connectivity index (χ2n) is 7.84. The summed E-state index contributed by atoms with van der Waals surface area (Å²) in [4.78, 5) is 32.3. The van der Waals surface area contributed by atoms with Gasteiger partial charge in [0.2, 0.25) is 5.91 Å². The van der Waals surface area contributed by atoms with E-state index in [1.54, 1.807) is 34.1 Å². The van der Waals surface area contributed by atoms with Crippen LogP contribution in [0.1, 0.15) is 17.2 Å². The minimum atomic E-state index is -0.766. The molecule has 4 rings (SSSR count). The number of amides is 2. The molecule has 0 bridgehead atoms. The summed E-state index contributed by atoms with van der Waals surface area (Å²) in [5.74, 6) is -0.284. The first kappa shape index (κ1) is 20.9. The fourth-order valence-electron chi connectivity index (χ4n) is 3.90. The van der Waals surface area contributed by atoms with Gasteiger partial charge in [-0.25, -0.2) is 0 Å². The topological polar surface area (TPSA) is 43.9 Å². The highest BCUT2D eigenvalue weighted by atomic mass is 35.5. The summed E-state index contributed by atoms with van der Waals surface area (Å²) in [6.45, 7) is 1.93. The average Bonchev–Trinajstić information content (AvgIpc) is 2.76. The van der Waals surface area contributed by atoms with E-state index in [9.17, 15) is 9.59 Å². The molecule has 1 heterocycles. The molecule has 158 valence electrons. The smallest absolute Gasteiger partial charge is 0.255 e. The van der Waals surface area contributed by atoms with Crippen LogP contribution in [0.5, 0.6) is 0 Å². The van der Waals surface area contributed by atoms with Gasteiger partial charge in [0, 0.05) is 36.2 Å². The molecule has 0 spiro atoms. The van der Waals surface area contributed by atoms with Gasteiger partial charge in [-0.3, -0.25) is 14.5 Å². The van der Waals surface area contributed by atoms with Crippen LogP contribution < -0.4 is 14.7 Å². The van der Waals surface area contributed by atoms with Gasteiger partial charge in [0.1, 0.15) is 12.6 Å². The monoisotopic (exact) mass is 433 g/mol. The van der Waals surface area contributed by atoms with E-state index in [2.05, 4.69) is 0 Å². The summed E-state index contributed by atoms with van der Waals surface area (Å²) >= 11 is 6.05. The maximum absolute atomic E-state index is 13.8. The Balaban J connectivity index is 1.81. The number of carbonyl (C=O) groups excluding carboxylic acids is 2. The lowest BCUT2D eigenvalue weighted by Gasteiger charge is -2.41. The molecule has 1 saturated heterocycles. The van der Waals surface area contributed by atoms with Crippen molar-refractivity contribution < 1.29 is 9.59 Å². The quantitative estimate of drug-likeness (QED) is 0.591. The number of anilines is 3. The number of rotatable bonds is 4. The fourth-order valence-corrected chi connectivity index (χ4v) is 4.03. The standard InChI is InChI=1S/C25H24ClN3O2/c1-17-6-4-5-7-22(17)28-16-23(30)29(21-14-10-19(26)11-15-21)24(25(28)31)18-8-12-20(13-9-18)27(2)3/h4-15,24H,16H2,1-3H3. The molecule has 0 saturated carbocycles. The van der Waals surface area contributed by atoms with Crippen LogP contribution in [-0.2, 0) is 9.59 Å². The van der Waals surface area contributed by atoms with Gasteiger partial charge in [0.25, 0.3) is 5.91 Å². The minimum absolute atomic E-state index is 0.0153. The zero-order valence-electron chi connectivity index (χ0n) is 17.7. The fraction of sp³-hybridized carbons (Fsp3) is 0.200. The molecule has 3 aromatic rings. The lowest BCUT2D eigenvalue weighted by Crippen LogP contribution is -2.56. The predicted octanol–water partition coefficient (Wildman–Crippen LogP) is 4.84. The number of aryl methyl sites for hydroxylation is 1. The Kier molecular flexibility index (Phi) is 5.70. The molecule has 1 fully saturated rings. The van der Waals surface area contributed by atoms with Crippen molar-refractivity contribution in [2.24, 2.45) is 0 Å². The van der Waals surface area contributed by atoms with Crippen LogP contribution in [0, 0.1) is 6.92 Å². The maximum Gasteiger partial charge on any atom is 0.255 e. The molecule has 0 radical (unpaired) electrons. The number of benzene rings is 3. The zero-order valence-corrected chi connectivity index (χ0v) is 18.5. The number of hydrogen-bond donors (Lipinski definition) is 0. The molecule has 31 heavy (non-hydrogen) atoms. The predicted molar refractivity (Wildman–Crippen MR) is 126 cm³/mol. The van der Waals surface area contributed by atoms with Crippen molar-refractivity contribution >= 4 is 40.5 Å². The molecule has 1 aliphatic heterocycles. The first-order chi connectivity index (χ1) is 14.9. The lowest BCUT2D eigenvalue weighted by atomic mass is 9.98. The van der Waals surface area contributed by atoms with Crippen LogP contribution in [-0.4, -0.2) is 32.5 Å². The highest BCUT2D eigenvalue weighted by Crippen LogP contribution is 2.36. The molecule has 3 aromatic carbocycles. The number of piperazine rings is 1. The van der Waals surface area contributed by atoms with Crippen molar-refractivity contribution in [3.05, 3.63) is 88.9 Å². The maximum atomic E-state index is 13.8. The number of para-hydroxylation sites is 1. The van der Waals surface area contributed by atoms with Crippen molar-refractivity contribution in [2.45, 2.75) is 13.0 Å². The van der Waals surface area contributed by atoms with Crippen LogP contribution in [0.25, 0.3) is 0 Å². The third-order valence-corrected chi connectivity index (χ3v) is 5.81. The largest absolute Gasteiger partial charge is 0.378 e. The van der Waals surface area contributed by atoms with Crippen LogP contribution in [0.4, 0.5) is 17.1 Å². The molecular formula is C25H24ClN3O2. The van der Waals surface area contributed by atoms with E-state index in [0.29, 0.717) is 10.7 Å². The van der Waals surface area contributed by atoms with E-state index in [-0.39, 0.29) is 18.4 Å². The van der Waals surface area contributed by atoms with Crippen molar-refractivity contribution in [2.75, 3.05) is 35.3 Å². The summed E-state index contributed by atoms with van der Waals surface area (Å²) < 4.78 is 0. The van der Waals surface area contributed by atoms with Gasteiger partial charge in [-0.15, -0.1) is 0 Å². The second kappa shape index (κ2) is 8.44. The van der Waals surface area contributed by atoms with Crippen LogP contribution in [0.3, 0.4) is 0 Å². The lowest BCUT2D eigenvalue weighted by molar-refractivity contribution is -0.128. The highest BCUT2D eigenvalue weighted by Gasteiger charge is 2.42. The van der Waals surface area contributed by atoms with Crippen molar-refractivity contribution in [1.29, 1.82) is 0 Å². The second-order valence-corrected chi connectivity index (χ2v) is 8.28. The minimum Gasteiger partial charge on any atom is -0.378 e. The van der Waals surface area contributed by atoms with Gasteiger partial charge in [0.05, 0.1) is 0 Å². The third kappa shape index (κ3) is 4.01. The average molecular weight is 434 g/mol. The van der Waals surface area contributed by atoms with Crippen LogP contribution in [0.15, 0.2) is 72.8 Å². The first-order valence-electron chi connectivity index (χ1n) is 10.1. The Hall–Kier alpha value is -3.31. The highest BCUT2D eigenvalue weighted by molar-refractivity contribution is 6.30. The summed E-state index contributed by atoms with van der Waals surface area (Å²) in [7, 11) is 3.93. The Labute approximate surface area is 187 Å². The summed E-state index contributed by atoms with van der Waals surface area (Å²) in [5, 5.41) is 0.577. The Morgan fingerprint density at radius 3 is 2.16 bits per heavy atom. The SMILES string of the molecule is Cc1ccccc1N1CC(=O)N(c2ccc(Cl)cc2)C(c2ccc(N(C)C)cc2)C1=O. The third-order valence-electron chi connectivity index (χ3n) is 5.56. The molecule has 1 unspecified atom stereocenters. The molecule has 2 amide bonds. The van der Waals surface area contributed by atoms with Gasteiger partial charge < -0.3 is 9.80 Å². The van der Waals surface area contributed by atoms with Crippen molar-refractivity contribution in [3.63, 3.8) is 0 Å². The van der Waals surface area contributed by atoms with E-state index in [4.69, 9.17) is 11.6 Å². The molecule has 1 atom stereocenters. The van der Waals surface area contributed by atoms with Crippen LogP contribution in [0.2, 0.25) is 5.02 Å². The van der Waals surface area contributed by atoms with Gasteiger partial charge in [-0.2, -0.15) is 0 Å². The molecular weight excluding hydrogens is 410 g/mol. The van der Waals surface area contributed by atoms with E-state index in [1.807, 2.05) is 74.4 Å². The molecule has 6 heteroatoms. The summed E-state index contributed by atoms with van der Waals surface area (Å²) in [6.07, 6.45) is 0. The molecule has 5 nitrogen and oxygen atoms in total. The molecule has 0 N–H and O–H groups in total. The van der Waals surface area contributed by atoms with Crippen LogP contribution >= 0.6 is 11.6 Å². The Bertz CT molecular complexity index is 1110. The van der Waals surface area contributed by atoms with Crippen molar-refractivity contribution in [3.8, 4) is 0 Å². The molecule has 0 aliphatic carbocycles. The van der Waals surface area contributed by atoms with E-state index < -0.39 is 6.04 Å². The summed E-state index contributed by atoms with van der Waals surface area (Å²) in [5.41, 5.74) is 4.13. The number of carbonyl (C=O) groups is 2. The first-order valence-corrected chi connectivity index (χ1v) is 10.5. The Morgan fingerprint density at radius 2 is 1.55 bits per heavy atom. The molecule has 0 aromatic heterocycles.